The molecule has 7 nitrogen and oxygen atoms in total. The molecule has 2 atom stereocenters. The maximum absolute atomic E-state index is 13.0. The fourth-order valence-electron chi connectivity index (χ4n) is 4.18. The van der Waals surface area contributed by atoms with Crippen molar-refractivity contribution in [3.63, 3.8) is 0 Å². The van der Waals surface area contributed by atoms with Crippen molar-refractivity contribution in [3.8, 4) is 0 Å². The van der Waals surface area contributed by atoms with Gasteiger partial charge < -0.3 is 9.47 Å². The quantitative estimate of drug-likeness (QED) is 0.475. The van der Waals surface area contributed by atoms with E-state index in [0.29, 0.717) is 23.4 Å². The standard InChI is InChI=1S/C22H31ClN2O5/c1-15(2)19(24(3)4)20(27)29-14-30-21(28)25(5)22(13-9-8-12-18(22)26)16-10-6-7-11-17(16)23/h6-7,10-11,15,19H,8-9,12-14H2,1-5H3/t19?,22-/m0/s1. The van der Waals surface area contributed by atoms with Crippen LogP contribution in [-0.4, -0.2) is 61.6 Å². The maximum Gasteiger partial charge on any atom is 0.413 e. The maximum atomic E-state index is 13.0. The molecule has 1 saturated carbocycles. The van der Waals surface area contributed by atoms with Crippen LogP contribution >= 0.6 is 11.6 Å². The number of nitrogens with zero attached hydrogens (tertiary/aromatic N) is 2. The molecule has 2 rings (SSSR count). The van der Waals surface area contributed by atoms with Crippen LogP contribution in [0.4, 0.5) is 4.79 Å². The number of hydrogen-bond acceptors (Lipinski definition) is 6. The number of ketones is 1. The number of hydrogen-bond donors (Lipinski definition) is 0. The van der Waals surface area contributed by atoms with Gasteiger partial charge in [0.1, 0.15) is 11.6 Å². The molecule has 1 aliphatic rings. The summed E-state index contributed by atoms with van der Waals surface area (Å²) < 4.78 is 10.4. The first-order valence-corrected chi connectivity index (χ1v) is 10.5. The molecule has 0 spiro atoms. The first kappa shape index (κ1) is 24.2. The molecule has 1 unspecified atom stereocenters. The average Bonchev–Trinajstić information content (AvgIpc) is 2.68. The van der Waals surface area contributed by atoms with Crippen molar-refractivity contribution in [2.24, 2.45) is 5.92 Å². The molecule has 0 aromatic heterocycles. The summed E-state index contributed by atoms with van der Waals surface area (Å²) in [6.45, 7) is 3.30. The second kappa shape index (κ2) is 10.3. The summed E-state index contributed by atoms with van der Waals surface area (Å²) >= 11 is 6.40. The molecule has 1 aromatic rings. The summed E-state index contributed by atoms with van der Waals surface area (Å²) in [5.74, 6) is -0.514. The van der Waals surface area contributed by atoms with Gasteiger partial charge in [-0.15, -0.1) is 0 Å². The van der Waals surface area contributed by atoms with Gasteiger partial charge in [-0.2, -0.15) is 0 Å². The molecule has 0 radical (unpaired) electrons. The second-order valence-electron chi connectivity index (χ2n) is 8.17. The molecular formula is C22H31ClN2O5. The van der Waals surface area contributed by atoms with Crippen LogP contribution < -0.4 is 0 Å². The Morgan fingerprint density at radius 3 is 2.37 bits per heavy atom. The van der Waals surface area contributed by atoms with Crippen LogP contribution in [0.5, 0.6) is 0 Å². The zero-order valence-electron chi connectivity index (χ0n) is 18.3. The third-order valence-corrected chi connectivity index (χ3v) is 5.96. The number of Topliss-reactive ketones (excluding diaryl/α,β-unsaturated/α-hetero) is 1. The van der Waals surface area contributed by atoms with Gasteiger partial charge in [0.15, 0.2) is 5.78 Å². The molecule has 0 aliphatic heterocycles. The van der Waals surface area contributed by atoms with Crippen molar-refractivity contribution >= 4 is 29.4 Å². The minimum atomic E-state index is -1.19. The van der Waals surface area contributed by atoms with Crippen molar-refractivity contribution in [3.05, 3.63) is 34.9 Å². The molecule has 1 amide bonds. The Morgan fingerprint density at radius 2 is 1.80 bits per heavy atom. The number of likely N-dealkylation sites (N-methyl/N-ethyl adjacent to an activating group) is 2. The van der Waals surface area contributed by atoms with Crippen LogP contribution in [0.1, 0.15) is 45.1 Å². The van der Waals surface area contributed by atoms with E-state index in [-0.39, 0.29) is 11.7 Å². The molecule has 8 heteroatoms. The molecule has 0 saturated heterocycles. The highest BCUT2D eigenvalue weighted by Gasteiger charge is 2.48. The molecule has 1 fully saturated rings. The smallest absolute Gasteiger partial charge is 0.413 e. The van der Waals surface area contributed by atoms with E-state index in [2.05, 4.69) is 0 Å². The van der Waals surface area contributed by atoms with Gasteiger partial charge in [-0.1, -0.05) is 43.6 Å². The lowest BCUT2D eigenvalue weighted by molar-refractivity contribution is -0.160. The number of rotatable bonds is 7. The molecule has 30 heavy (non-hydrogen) atoms. The highest BCUT2D eigenvalue weighted by atomic mass is 35.5. The zero-order valence-corrected chi connectivity index (χ0v) is 19.1. The lowest BCUT2D eigenvalue weighted by Crippen LogP contribution is -2.54. The van der Waals surface area contributed by atoms with E-state index in [1.165, 1.54) is 11.9 Å². The fourth-order valence-corrected chi connectivity index (χ4v) is 4.48. The van der Waals surface area contributed by atoms with Gasteiger partial charge in [0.05, 0.1) is 0 Å². The lowest BCUT2D eigenvalue weighted by Gasteiger charge is -2.43. The van der Waals surface area contributed by atoms with Crippen molar-refractivity contribution in [1.29, 1.82) is 0 Å². The predicted molar refractivity (Wildman–Crippen MR) is 114 cm³/mol. The number of carbonyl (C=O) groups excluding carboxylic acids is 3. The molecule has 0 heterocycles. The van der Waals surface area contributed by atoms with E-state index in [1.807, 2.05) is 13.8 Å². The van der Waals surface area contributed by atoms with E-state index >= 15 is 0 Å². The van der Waals surface area contributed by atoms with Crippen LogP contribution in [0.2, 0.25) is 5.02 Å². The van der Waals surface area contributed by atoms with E-state index in [0.717, 1.165) is 12.8 Å². The van der Waals surface area contributed by atoms with Crippen LogP contribution in [0, 0.1) is 5.92 Å². The van der Waals surface area contributed by atoms with Gasteiger partial charge >= 0.3 is 12.1 Å². The van der Waals surface area contributed by atoms with Gasteiger partial charge in [-0.3, -0.25) is 19.4 Å². The molecule has 0 bridgehead atoms. The fraction of sp³-hybridized carbons (Fsp3) is 0.591. The summed E-state index contributed by atoms with van der Waals surface area (Å²) in [6.07, 6.45) is 1.62. The van der Waals surface area contributed by atoms with Crippen molar-refractivity contribution in [2.45, 2.75) is 51.1 Å². The van der Waals surface area contributed by atoms with Crippen molar-refractivity contribution < 1.29 is 23.9 Å². The van der Waals surface area contributed by atoms with E-state index in [4.69, 9.17) is 21.1 Å². The Balaban J connectivity index is 2.15. The largest absolute Gasteiger partial charge is 0.427 e. The van der Waals surface area contributed by atoms with Gasteiger partial charge in [0.25, 0.3) is 0 Å². The highest BCUT2D eigenvalue weighted by molar-refractivity contribution is 6.31. The van der Waals surface area contributed by atoms with E-state index in [9.17, 15) is 14.4 Å². The normalized spacial score (nSPS) is 20.2. The minimum absolute atomic E-state index is 0.0363. The van der Waals surface area contributed by atoms with Gasteiger partial charge in [0, 0.05) is 24.1 Å². The van der Waals surface area contributed by atoms with Crippen LogP contribution in [0.25, 0.3) is 0 Å². The summed E-state index contributed by atoms with van der Waals surface area (Å²) in [5.41, 5.74) is -0.609. The summed E-state index contributed by atoms with van der Waals surface area (Å²) in [6, 6.07) is 6.59. The number of halogens is 1. The summed E-state index contributed by atoms with van der Waals surface area (Å²) in [5, 5.41) is 0.421. The van der Waals surface area contributed by atoms with E-state index < -0.39 is 30.4 Å². The van der Waals surface area contributed by atoms with Crippen LogP contribution in [0.15, 0.2) is 24.3 Å². The molecule has 1 aromatic carbocycles. The molecule has 0 N–H and O–H groups in total. The summed E-state index contributed by atoms with van der Waals surface area (Å²) in [7, 11) is 5.09. The Labute approximate surface area is 183 Å². The zero-order chi connectivity index (χ0) is 22.5. The van der Waals surface area contributed by atoms with Gasteiger partial charge in [-0.05, 0) is 45.3 Å². The summed E-state index contributed by atoms with van der Waals surface area (Å²) in [4.78, 5) is 41.2. The van der Waals surface area contributed by atoms with Crippen molar-refractivity contribution in [1.82, 2.24) is 9.80 Å². The Morgan fingerprint density at radius 1 is 1.13 bits per heavy atom. The number of ether oxygens (including phenoxy) is 2. The Hall–Kier alpha value is -2.12. The van der Waals surface area contributed by atoms with E-state index in [1.54, 1.807) is 43.3 Å². The molecule has 1 aliphatic carbocycles. The van der Waals surface area contributed by atoms with Crippen LogP contribution in [-0.2, 0) is 24.6 Å². The van der Waals surface area contributed by atoms with Crippen LogP contribution in [0.3, 0.4) is 0 Å². The van der Waals surface area contributed by atoms with Gasteiger partial charge in [-0.25, -0.2) is 4.79 Å². The highest BCUT2D eigenvalue weighted by Crippen LogP contribution is 2.42. The Bertz CT molecular complexity index is 775. The number of benzene rings is 1. The monoisotopic (exact) mass is 438 g/mol. The number of esters is 1. The lowest BCUT2D eigenvalue weighted by atomic mass is 9.74. The predicted octanol–water partition coefficient (Wildman–Crippen LogP) is 3.83. The number of amides is 1. The average molecular weight is 439 g/mol. The first-order chi connectivity index (χ1) is 14.1. The first-order valence-electron chi connectivity index (χ1n) is 10.1. The molecule has 166 valence electrons. The van der Waals surface area contributed by atoms with Gasteiger partial charge in [0.2, 0.25) is 6.79 Å². The number of carbonyl (C=O) groups is 3. The third kappa shape index (κ3) is 4.95. The second-order valence-corrected chi connectivity index (χ2v) is 8.58. The SMILES string of the molecule is CC(C)C(C(=O)OCOC(=O)N(C)[C@]1(c2ccccc2Cl)CCCCC1=O)N(C)C. The minimum Gasteiger partial charge on any atom is -0.427 e. The third-order valence-electron chi connectivity index (χ3n) is 5.63. The topological polar surface area (TPSA) is 76.1 Å². The molecular weight excluding hydrogens is 408 g/mol. The Kier molecular flexibility index (Phi) is 8.26. The van der Waals surface area contributed by atoms with Crippen molar-refractivity contribution in [2.75, 3.05) is 27.9 Å².